The quantitative estimate of drug-likeness (QED) is 0.400. The van der Waals surface area contributed by atoms with E-state index in [0.717, 1.165) is 42.0 Å². The van der Waals surface area contributed by atoms with E-state index in [0.29, 0.717) is 19.8 Å². The van der Waals surface area contributed by atoms with Crippen LogP contribution in [0.5, 0.6) is 0 Å². The third-order valence-electron chi connectivity index (χ3n) is 4.31. The first-order valence-electron chi connectivity index (χ1n) is 9.25. The highest BCUT2D eigenvalue weighted by molar-refractivity contribution is 6.60. The summed E-state index contributed by atoms with van der Waals surface area (Å²) in [6.45, 7) is 3.67. The van der Waals surface area contributed by atoms with Crippen molar-refractivity contribution in [3.63, 3.8) is 0 Å². The first-order chi connectivity index (χ1) is 13.3. The van der Waals surface area contributed by atoms with E-state index in [9.17, 15) is 0 Å². The Balaban J connectivity index is 1.53. The maximum Gasteiger partial charge on any atom is 0.500 e. The average molecular weight is 391 g/mol. The van der Waals surface area contributed by atoms with Crippen LogP contribution in [0, 0.1) is 0 Å². The lowest BCUT2D eigenvalue weighted by Gasteiger charge is -2.28. The molecule has 3 heterocycles. The summed E-state index contributed by atoms with van der Waals surface area (Å²) in [5.41, 5.74) is 3.31. The second kappa shape index (κ2) is 10.3. The predicted octanol–water partition coefficient (Wildman–Crippen LogP) is 4.50. The molecule has 6 nitrogen and oxygen atoms in total. The van der Waals surface area contributed by atoms with Crippen molar-refractivity contribution in [2.45, 2.75) is 32.2 Å². The molecular weight excluding hydrogens is 364 g/mol. The minimum atomic E-state index is -2.76. The van der Waals surface area contributed by atoms with Crippen molar-refractivity contribution in [3.8, 4) is 0 Å². The maximum atomic E-state index is 6.20. The summed E-state index contributed by atoms with van der Waals surface area (Å²) in [6, 6.07) is 6.54. The molecule has 0 bridgehead atoms. The lowest BCUT2D eigenvalue weighted by atomic mass is 10.3. The van der Waals surface area contributed by atoms with Gasteiger partial charge in [0.2, 0.25) is 0 Å². The van der Waals surface area contributed by atoms with Crippen LogP contribution in [0.2, 0.25) is 6.04 Å². The third-order valence-corrected chi connectivity index (χ3v) is 7.11. The minimum Gasteiger partial charge on any atom is -0.472 e. The molecule has 0 aliphatic carbocycles. The van der Waals surface area contributed by atoms with Gasteiger partial charge in [-0.1, -0.05) is 6.92 Å². The van der Waals surface area contributed by atoms with E-state index in [1.165, 1.54) is 0 Å². The fourth-order valence-electron chi connectivity index (χ4n) is 2.71. The van der Waals surface area contributed by atoms with Crippen LogP contribution in [0.1, 0.15) is 23.6 Å². The van der Waals surface area contributed by atoms with Crippen LogP contribution in [0.25, 0.3) is 0 Å². The SMILES string of the molecule is CC[Si](OCCc1ccoc1)(OCCc1ccoc1)OCCc1ccoc1. The Morgan fingerprint density at radius 2 is 1.04 bits per heavy atom. The molecule has 0 saturated carbocycles. The Labute approximate surface area is 160 Å². The molecule has 0 amide bonds. The molecule has 0 spiro atoms. The molecule has 0 fully saturated rings. The molecule has 0 aliphatic heterocycles. The topological polar surface area (TPSA) is 67.1 Å². The van der Waals surface area contributed by atoms with Gasteiger partial charge in [-0.2, -0.15) is 0 Å². The first-order valence-corrected chi connectivity index (χ1v) is 11.2. The van der Waals surface area contributed by atoms with E-state index in [4.69, 9.17) is 26.5 Å². The summed E-state index contributed by atoms with van der Waals surface area (Å²) in [5.74, 6) is 0. The van der Waals surface area contributed by atoms with Gasteiger partial charge in [-0.3, -0.25) is 0 Å². The van der Waals surface area contributed by atoms with E-state index in [1.807, 2.05) is 18.2 Å². The van der Waals surface area contributed by atoms with E-state index in [1.54, 1.807) is 37.6 Å². The molecule has 0 atom stereocenters. The number of hydrogen-bond acceptors (Lipinski definition) is 6. The van der Waals surface area contributed by atoms with Gasteiger partial charge >= 0.3 is 8.80 Å². The van der Waals surface area contributed by atoms with Crippen molar-refractivity contribution in [2.75, 3.05) is 19.8 Å². The van der Waals surface area contributed by atoms with Gasteiger partial charge < -0.3 is 26.5 Å². The molecule has 7 heteroatoms. The zero-order valence-electron chi connectivity index (χ0n) is 15.6. The van der Waals surface area contributed by atoms with Crippen LogP contribution in [-0.4, -0.2) is 28.6 Å². The molecule has 0 unspecified atom stereocenters. The smallest absolute Gasteiger partial charge is 0.472 e. The Morgan fingerprint density at radius 3 is 1.30 bits per heavy atom. The molecule has 27 heavy (non-hydrogen) atoms. The number of furan rings is 3. The van der Waals surface area contributed by atoms with Gasteiger partial charge in [0, 0.05) is 25.9 Å². The molecule has 0 radical (unpaired) electrons. The highest BCUT2D eigenvalue weighted by atomic mass is 28.4. The molecule has 3 rings (SSSR count). The molecule has 0 saturated heterocycles. The van der Waals surface area contributed by atoms with Gasteiger partial charge in [0.05, 0.1) is 37.6 Å². The van der Waals surface area contributed by atoms with E-state index in [-0.39, 0.29) is 0 Å². The minimum absolute atomic E-state index is 0.539. The summed E-state index contributed by atoms with van der Waals surface area (Å²) >= 11 is 0. The monoisotopic (exact) mass is 390 g/mol. The van der Waals surface area contributed by atoms with Crippen LogP contribution in [0.15, 0.2) is 69.0 Å². The average Bonchev–Trinajstić information content (AvgIpc) is 3.45. The number of rotatable bonds is 13. The standard InChI is InChI=1S/C20H26O6Si/c1-2-27(24-12-6-18-3-9-21-15-18,25-13-7-19-4-10-22-16-19)26-14-8-20-5-11-23-17-20/h3-5,9-11,15-17H,2,6-8,12-14H2,1H3. The van der Waals surface area contributed by atoms with Crippen LogP contribution >= 0.6 is 0 Å². The highest BCUT2D eigenvalue weighted by Crippen LogP contribution is 2.18. The molecule has 3 aromatic rings. The van der Waals surface area contributed by atoms with E-state index >= 15 is 0 Å². The molecular formula is C20H26O6Si. The predicted molar refractivity (Wildman–Crippen MR) is 101 cm³/mol. The van der Waals surface area contributed by atoms with Crippen LogP contribution in [0.3, 0.4) is 0 Å². The summed E-state index contributed by atoms with van der Waals surface area (Å²) in [5, 5.41) is 0. The highest BCUT2D eigenvalue weighted by Gasteiger charge is 2.39. The Morgan fingerprint density at radius 1 is 0.667 bits per heavy atom. The molecule has 0 aliphatic rings. The zero-order chi connectivity index (χ0) is 18.8. The summed E-state index contributed by atoms with van der Waals surface area (Å²) in [7, 11) is -2.76. The van der Waals surface area contributed by atoms with Crippen molar-refractivity contribution in [1.29, 1.82) is 0 Å². The van der Waals surface area contributed by atoms with Gasteiger partial charge in [0.1, 0.15) is 0 Å². The molecule has 0 N–H and O–H groups in total. The Kier molecular flexibility index (Phi) is 7.52. The second-order valence-electron chi connectivity index (χ2n) is 6.23. The normalized spacial score (nSPS) is 11.9. The van der Waals surface area contributed by atoms with Gasteiger partial charge in [-0.05, 0) is 54.2 Å². The lowest BCUT2D eigenvalue weighted by molar-refractivity contribution is 0.0626. The summed E-state index contributed by atoms with van der Waals surface area (Å²) < 4.78 is 33.9. The van der Waals surface area contributed by atoms with E-state index < -0.39 is 8.80 Å². The van der Waals surface area contributed by atoms with Crippen LogP contribution < -0.4 is 0 Å². The first kappa shape index (κ1) is 19.7. The van der Waals surface area contributed by atoms with Gasteiger partial charge in [-0.25, -0.2) is 0 Å². The van der Waals surface area contributed by atoms with Crippen LogP contribution in [-0.2, 0) is 32.5 Å². The summed E-state index contributed by atoms with van der Waals surface area (Å²) in [4.78, 5) is 0. The molecule has 3 aromatic heterocycles. The van der Waals surface area contributed by atoms with Crippen molar-refractivity contribution >= 4 is 8.80 Å². The van der Waals surface area contributed by atoms with Gasteiger partial charge in [0.15, 0.2) is 0 Å². The fraction of sp³-hybridized carbons (Fsp3) is 0.400. The fourth-order valence-corrected chi connectivity index (χ4v) is 4.81. The van der Waals surface area contributed by atoms with Crippen molar-refractivity contribution in [3.05, 3.63) is 72.5 Å². The van der Waals surface area contributed by atoms with Crippen molar-refractivity contribution in [2.24, 2.45) is 0 Å². The lowest BCUT2D eigenvalue weighted by Crippen LogP contribution is -2.46. The largest absolute Gasteiger partial charge is 0.500 e. The van der Waals surface area contributed by atoms with Crippen molar-refractivity contribution in [1.82, 2.24) is 0 Å². The Hall–Kier alpha value is -2.06. The third kappa shape index (κ3) is 6.25. The second-order valence-corrected chi connectivity index (χ2v) is 9.17. The maximum absolute atomic E-state index is 6.20. The van der Waals surface area contributed by atoms with Gasteiger partial charge in [0.25, 0.3) is 0 Å². The zero-order valence-corrected chi connectivity index (χ0v) is 16.6. The Bertz CT molecular complexity index is 622. The van der Waals surface area contributed by atoms with Crippen molar-refractivity contribution < 1.29 is 26.5 Å². The van der Waals surface area contributed by atoms with Crippen LogP contribution in [0.4, 0.5) is 0 Å². The van der Waals surface area contributed by atoms with Gasteiger partial charge in [-0.15, -0.1) is 0 Å². The molecule has 146 valence electrons. The number of hydrogen-bond donors (Lipinski definition) is 0. The molecule has 0 aromatic carbocycles. The van der Waals surface area contributed by atoms with E-state index in [2.05, 4.69) is 6.92 Å². The summed E-state index contributed by atoms with van der Waals surface area (Å²) in [6.07, 6.45) is 12.5.